The molecule has 4 rings (SSSR count). The van der Waals surface area contributed by atoms with E-state index >= 15 is 0 Å². The Bertz CT molecular complexity index is 1170. The van der Waals surface area contributed by atoms with Crippen LogP contribution in [0.2, 0.25) is 0 Å². The summed E-state index contributed by atoms with van der Waals surface area (Å²) >= 11 is 1.34. The van der Waals surface area contributed by atoms with Crippen molar-refractivity contribution in [1.82, 2.24) is 14.1 Å². The molecular formula is C24H27N5O3S. The van der Waals surface area contributed by atoms with Crippen molar-refractivity contribution in [2.45, 2.75) is 44.5 Å². The van der Waals surface area contributed by atoms with Gasteiger partial charge in [0.2, 0.25) is 5.91 Å². The molecule has 172 valence electrons. The molecular weight excluding hydrogens is 438 g/mol. The molecule has 1 atom stereocenters. The lowest BCUT2D eigenvalue weighted by Crippen LogP contribution is -2.22. The van der Waals surface area contributed by atoms with E-state index in [9.17, 15) is 10.1 Å². The van der Waals surface area contributed by atoms with Gasteiger partial charge in [0.15, 0.2) is 5.16 Å². The molecule has 0 bridgehead atoms. The zero-order valence-corrected chi connectivity index (χ0v) is 19.8. The topological polar surface area (TPSA) is 94.1 Å². The number of nitrogens with zero attached hydrogens (tertiary/aromatic N) is 4. The van der Waals surface area contributed by atoms with E-state index in [0.29, 0.717) is 23.1 Å². The van der Waals surface area contributed by atoms with Crippen LogP contribution < -0.4 is 10.1 Å². The number of carbonyl (C=O) groups is 1. The molecule has 1 fully saturated rings. The molecule has 0 aliphatic carbocycles. The normalized spacial score (nSPS) is 15.4. The highest BCUT2D eigenvalue weighted by atomic mass is 32.2. The van der Waals surface area contributed by atoms with Crippen molar-refractivity contribution in [2.24, 2.45) is 0 Å². The van der Waals surface area contributed by atoms with Gasteiger partial charge < -0.3 is 19.4 Å². The van der Waals surface area contributed by atoms with Gasteiger partial charge in [0.1, 0.15) is 17.6 Å². The first-order valence-electron chi connectivity index (χ1n) is 10.8. The zero-order valence-electron chi connectivity index (χ0n) is 19.0. The largest absolute Gasteiger partial charge is 0.497 e. The van der Waals surface area contributed by atoms with Crippen molar-refractivity contribution >= 4 is 23.5 Å². The number of aromatic nitrogens is 3. The van der Waals surface area contributed by atoms with E-state index in [2.05, 4.69) is 16.4 Å². The average molecular weight is 466 g/mol. The van der Waals surface area contributed by atoms with Gasteiger partial charge in [-0.3, -0.25) is 9.36 Å². The smallest absolute Gasteiger partial charge is 0.235 e. The van der Waals surface area contributed by atoms with Gasteiger partial charge in [-0.05, 0) is 56.5 Å². The van der Waals surface area contributed by atoms with Crippen LogP contribution in [0, 0.1) is 25.2 Å². The Balaban J connectivity index is 1.47. The van der Waals surface area contributed by atoms with Crippen molar-refractivity contribution in [3.8, 4) is 17.5 Å². The minimum atomic E-state index is -0.188. The van der Waals surface area contributed by atoms with Crippen LogP contribution in [-0.2, 0) is 16.1 Å². The Kier molecular flexibility index (Phi) is 7.06. The molecule has 1 aromatic carbocycles. The number of hydrogen-bond acceptors (Lipinski definition) is 6. The molecule has 1 N–H and O–H groups in total. The molecule has 0 spiro atoms. The van der Waals surface area contributed by atoms with Gasteiger partial charge in [-0.25, -0.2) is 4.98 Å². The van der Waals surface area contributed by atoms with Gasteiger partial charge in [-0.15, -0.1) is 0 Å². The maximum Gasteiger partial charge on any atom is 0.235 e. The summed E-state index contributed by atoms with van der Waals surface area (Å²) in [7, 11) is 1.63. The highest BCUT2D eigenvalue weighted by Crippen LogP contribution is 2.29. The van der Waals surface area contributed by atoms with E-state index in [4.69, 9.17) is 9.47 Å². The lowest BCUT2D eigenvalue weighted by atomic mass is 10.2. The van der Waals surface area contributed by atoms with Crippen molar-refractivity contribution < 1.29 is 14.3 Å². The van der Waals surface area contributed by atoms with Gasteiger partial charge in [-0.2, -0.15) is 5.26 Å². The molecule has 1 aliphatic rings. The fourth-order valence-electron chi connectivity index (χ4n) is 3.98. The van der Waals surface area contributed by atoms with Crippen LogP contribution in [0.3, 0.4) is 0 Å². The van der Waals surface area contributed by atoms with Crippen LogP contribution in [0.5, 0.6) is 5.75 Å². The van der Waals surface area contributed by atoms with Gasteiger partial charge >= 0.3 is 0 Å². The first kappa shape index (κ1) is 23.0. The summed E-state index contributed by atoms with van der Waals surface area (Å²) in [6.45, 7) is 5.27. The standard InChI is InChI=1S/C24H27N5O3S/c1-16-17(2)29(14-20-5-4-12-32-20)23(21(16)13-25)27-22(30)15-33-24-26-10-11-28(24)18-6-8-19(31-3)9-7-18/h6-11,20H,4-5,12,14-15H2,1-3H3,(H,27,30)/t20-/m1/s1. The summed E-state index contributed by atoms with van der Waals surface area (Å²) < 4.78 is 14.9. The summed E-state index contributed by atoms with van der Waals surface area (Å²) in [5.74, 6) is 1.30. The molecule has 1 amide bonds. The number of methoxy groups -OCH3 is 1. The van der Waals surface area contributed by atoms with Crippen LogP contribution in [-0.4, -0.2) is 45.6 Å². The SMILES string of the molecule is COc1ccc(-n2ccnc2SCC(=O)Nc2c(C#N)c(C)c(C)n2C[C@H]2CCCO2)cc1. The summed E-state index contributed by atoms with van der Waals surface area (Å²) in [6, 6.07) is 9.89. The number of rotatable bonds is 8. The second-order valence-electron chi connectivity index (χ2n) is 7.91. The van der Waals surface area contributed by atoms with Gasteiger partial charge in [0.25, 0.3) is 0 Å². The number of hydrogen-bond donors (Lipinski definition) is 1. The summed E-state index contributed by atoms with van der Waals surface area (Å²) in [5, 5.41) is 13.4. The molecule has 2 aromatic heterocycles. The summed E-state index contributed by atoms with van der Waals surface area (Å²) in [5.41, 5.74) is 3.29. The van der Waals surface area contributed by atoms with Crippen LogP contribution in [0.4, 0.5) is 5.82 Å². The van der Waals surface area contributed by atoms with Crippen LogP contribution in [0.25, 0.3) is 5.69 Å². The number of ether oxygens (including phenoxy) is 2. The predicted octanol–water partition coefficient (Wildman–Crippen LogP) is 4.08. The minimum absolute atomic E-state index is 0.101. The fourth-order valence-corrected chi connectivity index (χ4v) is 4.76. The first-order chi connectivity index (χ1) is 16.0. The number of nitriles is 1. The number of nitrogens with one attached hydrogen (secondary N) is 1. The lowest BCUT2D eigenvalue weighted by Gasteiger charge is -2.17. The van der Waals surface area contributed by atoms with E-state index < -0.39 is 0 Å². The third-order valence-electron chi connectivity index (χ3n) is 5.90. The molecule has 8 nitrogen and oxygen atoms in total. The maximum absolute atomic E-state index is 12.9. The molecule has 0 saturated carbocycles. The van der Waals surface area contributed by atoms with Crippen LogP contribution >= 0.6 is 11.8 Å². The monoisotopic (exact) mass is 465 g/mol. The fraction of sp³-hybridized carbons (Fsp3) is 0.375. The van der Waals surface area contributed by atoms with E-state index in [1.54, 1.807) is 13.3 Å². The number of thioether (sulfide) groups is 1. The van der Waals surface area contributed by atoms with Crippen molar-refractivity contribution in [2.75, 3.05) is 24.8 Å². The van der Waals surface area contributed by atoms with Crippen molar-refractivity contribution in [3.05, 3.63) is 53.5 Å². The highest BCUT2D eigenvalue weighted by molar-refractivity contribution is 7.99. The van der Waals surface area contributed by atoms with E-state index in [1.165, 1.54) is 11.8 Å². The first-order valence-corrected chi connectivity index (χ1v) is 11.8. The molecule has 3 aromatic rings. The Labute approximate surface area is 197 Å². The quantitative estimate of drug-likeness (QED) is 0.504. The maximum atomic E-state index is 12.9. The van der Waals surface area contributed by atoms with E-state index in [-0.39, 0.29) is 17.8 Å². The Morgan fingerprint density at radius 3 is 2.82 bits per heavy atom. The van der Waals surface area contributed by atoms with Crippen molar-refractivity contribution in [1.29, 1.82) is 5.26 Å². The molecule has 3 heterocycles. The summed E-state index contributed by atoms with van der Waals surface area (Å²) in [6.07, 6.45) is 5.68. The van der Waals surface area contributed by atoms with Crippen LogP contribution in [0.15, 0.2) is 41.8 Å². The predicted molar refractivity (Wildman–Crippen MR) is 127 cm³/mol. The Morgan fingerprint density at radius 2 is 2.15 bits per heavy atom. The highest BCUT2D eigenvalue weighted by Gasteiger charge is 2.24. The molecule has 1 saturated heterocycles. The molecule has 9 heteroatoms. The molecule has 1 aliphatic heterocycles. The molecule has 0 radical (unpaired) electrons. The number of imidazole rings is 1. The summed E-state index contributed by atoms with van der Waals surface area (Å²) in [4.78, 5) is 17.3. The van der Waals surface area contributed by atoms with Gasteiger partial charge in [-0.1, -0.05) is 11.8 Å². The lowest BCUT2D eigenvalue weighted by molar-refractivity contribution is -0.113. The molecule has 33 heavy (non-hydrogen) atoms. The number of anilines is 1. The Hall–Kier alpha value is -3.22. The van der Waals surface area contributed by atoms with E-state index in [0.717, 1.165) is 42.1 Å². The zero-order chi connectivity index (χ0) is 23.4. The van der Waals surface area contributed by atoms with Crippen molar-refractivity contribution in [3.63, 3.8) is 0 Å². The second-order valence-corrected chi connectivity index (χ2v) is 8.85. The third-order valence-corrected chi connectivity index (χ3v) is 6.87. The average Bonchev–Trinajstić information content (AvgIpc) is 3.56. The Morgan fingerprint density at radius 1 is 1.36 bits per heavy atom. The number of carbonyl (C=O) groups excluding carboxylic acids is 1. The second kappa shape index (κ2) is 10.1. The number of benzene rings is 1. The van der Waals surface area contributed by atoms with E-state index in [1.807, 2.05) is 53.4 Å². The minimum Gasteiger partial charge on any atom is -0.497 e. The van der Waals surface area contributed by atoms with Gasteiger partial charge in [0, 0.05) is 30.4 Å². The van der Waals surface area contributed by atoms with Crippen LogP contribution in [0.1, 0.15) is 29.7 Å². The van der Waals surface area contributed by atoms with Gasteiger partial charge in [0.05, 0.1) is 31.1 Å². The molecule has 0 unspecified atom stereocenters. The third kappa shape index (κ3) is 4.92. The number of amides is 1.